The zero-order valence-electron chi connectivity index (χ0n) is 19.2. The fraction of sp³-hybridized carbons (Fsp3) is 0.214. The first kappa shape index (κ1) is 21.9. The number of ether oxygens (including phenoxy) is 2. The summed E-state index contributed by atoms with van der Waals surface area (Å²) in [5.74, 6) is 0.133. The summed E-state index contributed by atoms with van der Waals surface area (Å²) in [6, 6.07) is 18.1. The highest BCUT2D eigenvalue weighted by Crippen LogP contribution is 2.41. The van der Waals surface area contributed by atoms with Crippen LogP contribution in [0, 0.1) is 5.82 Å². The molecule has 0 saturated heterocycles. The first-order valence-corrected chi connectivity index (χ1v) is 11.5. The molecule has 5 rings (SSSR count). The quantitative estimate of drug-likeness (QED) is 0.264. The molecule has 0 atom stereocenters. The third-order valence-electron chi connectivity index (χ3n) is 6.01. The minimum absolute atomic E-state index is 0.294. The van der Waals surface area contributed by atoms with Gasteiger partial charge in [0.25, 0.3) is 0 Å². The first-order valence-electron chi connectivity index (χ1n) is 11.5. The molecule has 4 aromatic rings. The average Bonchev–Trinajstić information content (AvgIpc) is 3.20. The van der Waals surface area contributed by atoms with E-state index in [1.165, 1.54) is 12.1 Å². The Morgan fingerprint density at radius 1 is 1.09 bits per heavy atom. The van der Waals surface area contributed by atoms with Crippen molar-refractivity contribution in [3.05, 3.63) is 94.9 Å². The lowest BCUT2D eigenvalue weighted by molar-refractivity contribution is -0.139. The predicted molar refractivity (Wildman–Crippen MR) is 129 cm³/mol. The van der Waals surface area contributed by atoms with Crippen LogP contribution in [0.5, 0.6) is 5.75 Å². The van der Waals surface area contributed by atoms with E-state index in [2.05, 4.69) is 11.2 Å². The summed E-state index contributed by atoms with van der Waals surface area (Å²) in [4.78, 5) is 13.1. The van der Waals surface area contributed by atoms with Gasteiger partial charge in [-0.3, -0.25) is 0 Å². The maximum atomic E-state index is 13.4. The van der Waals surface area contributed by atoms with Crippen LogP contribution >= 0.6 is 0 Å². The molecule has 0 radical (unpaired) electrons. The molecule has 3 aromatic carbocycles. The molecule has 5 nitrogen and oxygen atoms in total. The number of carbonyl (C=O) groups is 1. The number of carbonyl (C=O) groups excluding carboxylic acids is 1. The van der Waals surface area contributed by atoms with Crippen molar-refractivity contribution in [1.29, 1.82) is 0 Å². The van der Waals surface area contributed by atoms with Gasteiger partial charge in [-0.05, 0) is 66.4 Å². The van der Waals surface area contributed by atoms with Gasteiger partial charge in [-0.25, -0.2) is 13.9 Å². The topological polar surface area (TPSA) is 53.3 Å². The Kier molecular flexibility index (Phi) is 5.88. The SMILES string of the molecule is CCCOC(=O)/C(CC)=C1/c2cc3cnn(-c4ccc(F)cc4)c3cc2COc2ccccc21. The molecule has 0 fully saturated rings. The standard InChI is InChI=1S/C28H25FN2O3/c1-3-13-33-28(32)22(4-2)27-23-7-5-6-8-26(23)34-17-19-15-25-18(14-24(19)27)16-30-31(25)21-11-9-20(29)10-12-21/h5-12,14-16H,3-4,13,17H2,1-2H3/b27-22+. The molecule has 1 aliphatic rings. The Morgan fingerprint density at radius 2 is 1.88 bits per heavy atom. The molecule has 34 heavy (non-hydrogen) atoms. The number of hydrogen-bond donors (Lipinski definition) is 0. The van der Waals surface area contributed by atoms with Crippen molar-refractivity contribution in [3.63, 3.8) is 0 Å². The predicted octanol–water partition coefficient (Wildman–Crippen LogP) is 6.22. The second kappa shape index (κ2) is 9.14. The number of fused-ring (bicyclic) bond motifs is 3. The van der Waals surface area contributed by atoms with Gasteiger partial charge in [0.1, 0.15) is 18.2 Å². The van der Waals surface area contributed by atoms with Crippen LogP contribution in [0.1, 0.15) is 43.4 Å². The smallest absolute Gasteiger partial charge is 0.334 e. The van der Waals surface area contributed by atoms with Crippen molar-refractivity contribution in [2.24, 2.45) is 0 Å². The Morgan fingerprint density at radius 3 is 2.65 bits per heavy atom. The highest BCUT2D eigenvalue weighted by atomic mass is 19.1. The number of rotatable bonds is 5. The zero-order valence-corrected chi connectivity index (χ0v) is 19.2. The van der Waals surface area contributed by atoms with E-state index in [-0.39, 0.29) is 11.8 Å². The van der Waals surface area contributed by atoms with Gasteiger partial charge in [-0.15, -0.1) is 0 Å². The molecule has 0 spiro atoms. The molecule has 1 aromatic heterocycles. The van der Waals surface area contributed by atoms with Crippen molar-refractivity contribution >= 4 is 22.4 Å². The van der Waals surface area contributed by atoms with E-state index in [1.807, 2.05) is 44.2 Å². The number of benzene rings is 3. The van der Waals surface area contributed by atoms with Crippen molar-refractivity contribution in [2.75, 3.05) is 6.61 Å². The fourth-order valence-corrected chi connectivity index (χ4v) is 4.39. The summed E-state index contributed by atoms with van der Waals surface area (Å²) in [6.07, 6.45) is 3.07. The van der Waals surface area contributed by atoms with Gasteiger partial charge in [0, 0.05) is 22.1 Å². The van der Waals surface area contributed by atoms with Crippen LogP contribution in [0.3, 0.4) is 0 Å². The summed E-state index contributed by atoms with van der Waals surface area (Å²) in [5.41, 5.74) is 5.85. The Balaban J connectivity index is 1.73. The van der Waals surface area contributed by atoms with E-state index in [1.54, 1.807) is 23.0 Å². The van der Waals surface area contributed by atoms with Crippen LogP contribution < -0.4 is 4.74 Å². The molecular formula is C28H25FN2O3. The third-order valence-corrected chi connectivity index (χ3v) is 6.01. The first-order chi connectivity index (χ1) is 16.6. The second-order valence-corrected chi connectivity index (χ2v) is 8.23. The molecule has 6 heteroatoms. The Bertz CT molecular complexity index is 1400. The highest BCUT2D eigenvalue weighted by molar-refractivity contribution is 6.04. The number of esters is 1. The van der Waals surface area contributed by atoms with E-state index in [0.29, 0.717) is 25.2 Å². The summed E-state index contributed by atoms with van der Waals surface area (Å²) in [6.45, 7) is 4.67. The second-order valence-electron chi connectivity index (χ2n) is 8.23. The number of aromatic nitrogens is 2. The zero-order chi connectivity index (χ0) is 23.7. The molecule has 0 unspecified atom stereocenters. The van der Waals surface area contributed by atoms with E-state index < -0.39 is 0 Å². The average molecular weight is 457 g/mol. The molecule has 0 N–H and O–H groups in total. The number of nitrogens with zero attached hydrogens (tertiary/aromatic N) is 2. The summed E-state index contributed by atoms with van der Waals surface area (Å²) in [5, 5.41) is 5.46. The number of halogens is 1. The van der Waals surface area contributed by atoms with Crippen LogP contribution in [-0.4, -0.2) is 22.4 Å². The maximum Gasteiger partial charge on any atom is 0.334 e. The van der Waals surface area contributed by atoms with Gasteiger partial charge < -0.3 is 9.47 Å². The molecule has 0 amide bonds. The van der Waals surface area contributed by atoms with Crippen molar-refractivity contribution in [1.82, 2.24) is 9.78 Å². The van der Waals surface area contributed by atoms with Crippen molar-refractivity contribution in [3.8, 4) is 11.4 Å². The lowest BCUT2D eigenvalue weighted by Crippen LogP contribution is -2.11. The summed E-state index contributed by atoms with van der Waals surface area (Å²) >= 11 is 0. The van der Waals surface area contributed by atoms with Gasteiger partial charge in [0.2, 0.25) is 0 Å². The molecule has 0 saturated carbocycles. The van der Waals surface area contributed by atoms with Crippen molar-refractivity contribution < 1.29 is 18.7 Å². The minimum Gasteiger partial charge on any atom is -0.488 e. The van der Waals surface area contributed by atoms with Crippen molar-refractivity contribution in [2.45, 2.75) is 33.3 Å². The Hall–Kier alpha value is -3.93. The van der Waals surface area contributed by atoms with E-state index in [9.17, 15) is 9.18 Å². The van der Waals surface area contributed by atoms with Gasteiger partial charge in [-0.1, -0.05) is 32.0 Å². The number of hydrogen-bond acceptors (Lipinski definition) is 4. The Labute approximate surface area is 197 Å². The fourth-order valence-electron chi connectivity index (χ4n) is 4.39. The molecule has 1 aliphatic heterocycles. The van der Waals surface area contributed by atoms with Crippen LogP contribution in [0.15, 0.2) is 72.4 Å². The normalized spacial score (nSPS) is 14.1. The largest absolute Gasteiger partial charge is 0.488 e. The van der Waals surface area contributed by atoms with Crippen LogP contribution in [-0.2, 0) is 16.1 Å². The molecule has 172 valence electrons. The van der Waals surface area contributed by atoms with Gasteiger partial charge in [0.15, 0.2) is 0 Å². The van der Waals surface area contributed by atoms with Crippen LogP contribution in [0.4, 0.5) is 4.39 Å². The van der Waals surface area contributed by atoms with Crippen LogP contribution in [0.25, 0.3) is 22.2 Å². The minimum atomic E-state index is -0.302. The molecular weight excluding hydrogens is 431 g/mol. The van der Waals surface area contributed by atoms with Crippen LogP contribution in [0.2, 0.25) is 0 Å². The molecule has 0 bridgehead atoms. The number of para-hydroxylation sites is 1. The summed E-state index contributed by atoms with van der Waals surface area (Å²) in [7, 11) is 0. The monoisotopic (exact) mass is 456 g/mol. The third kappa shape index (κ3) is 3.85. The molecule has 0 aliphatic carbocycles. The van der Waals surface area contributed by atoms with E-state index in [4.69, 9.17) is 9.47 Å². The van der Waals surface area contributed by atoms with Gasteiger partial charge >= 0.3 is 5.97 Å². The lowest BCUT2D eigenvalue weighted by atomic mass is 9.88. The van der Waals surface area contributed by atoms with Gasteiger partial charge in [-0.2, -0.15) is 5.10 Å². The summed E-state index contributed by atoms with van der Waals surface area (Å²) < 4.78 is 27.0. The van der Waals surface area contributed by atoms with E-state index >= 15 is 0 Å². The molecule has 2 heterocycles. The van der Waals surface area contributed by atoms with Gasteiger partial charge in [0.05, 0.1) is 24.0 Å². The maximum absolute atomic E-state index is 13.4. The highest BCUT2D eigenvalue weighted by Gasteiger charge is 2.26. The van der Waals surface area contributed by atoms with E-state index in [0.717, 1.165) is 51.0 Å². The lowest BCUT2D eigenvalue weighted by Gasteiger charge is -2.16.